The first kappa shape index (κ1) is 21.7. The molecule has 1 aromatic heterocycles. The molecule has 5 rings (SSSR count). The van der Waals surface area contributed by atoms with Crippen molar-refractivity contribution >= 4 is 60.4 Å². The summed E-state index contributed by atoms with van der Waals surface area (Å²) < 4.78 is 29.9. The van der Waals surface area contributed by atoms with E-state index in [0.717, 1.165) is 53.8 Å². The number of hydrogen-bond acceptors (Lipinski definition) is 4. The molecule has 1 fully saturated rings. The number of fused-ring (bicyclic) bond motifs is 1. The van der Waals surface area contributed by atoms with Gasteiger partial charge in [-0.1, -0.05) is 48.5 Å². The summed E-state index contributed by atoms with van der Waals surface area (Å²) in [6, 6.07) is 20.7. The van der Waals surface area contributed by atoms with Crippen LogP contribution in [-0.4, -0.2) is 31.7 Å². The highest BCUT2D eigenvalue weighted by molar-refractivity contribution is 9.10. The van der Waals surface area contributed by atoms with E-state index in [1.807, 2.05) is 54.6 Å². The Morgan fingerprint density at radius 2 is 1.70 bits per heavy atom. The van der Waals surface area contributed by atoms with E-state index in [-0.39, 0.29) is 4.90 Å². The van der Waals surface area contributed by atoms with Crippen LogP contribution in [0.3, 0.4) is 0 Å². The molecule has 0 aliphatic carbocycles. The second-order valence-corrected chi connectivity index (χ2v) is 10.5. The molecule has 0 bridgehead atoms. The summed E-state index contributed by atoms with van der Waals surface area (Å²) >= 11 is 3.36. The SMILES string of the molecule is O=S(=O)(Nc1cc2c(C=Cc3ccccc3)n[nH]c2cc1N1CCCC1)c1ccccc1Br. The smallest absolute Gasteiger partial charge is 0.263 e. The van der Waals surface area contributed by atoms with Crippen LogP contribution >= 0.6 is 15.9 Å². The van der Waals surface area contributed by atoms with Crippen LogP contribution in [0.2, 0.25) is 0 Å². The van der Waals surface area contributed by atoms with E-state index in [9.17, 15) is 8.42 Å². The molecule has 0 radical (unpaired) electrons. The number of aromatic amines is 1. The zero-order valence-corrected chi connectivity index (χ0v) is 20.2. The van der Waals surface area contributed by atoms with Crippen molar-refractivity contribution in [1.29, 1.82) is 0 Å². The predicted octanol–water partition coefficient (Wildman–Crippen LogP) is 5.90. The highest BCUT2D eigenvalue weighted by atomic mass is 79.9. The first-order valence-corrected chi connectivity index (χ1v) is 13.1. The van der Waals surface area contributed by atoms with Gasteiger partial charge in [0, 0.05) is 22.9 Å². The lowest BCUT2D eigenvalue weighted by atomic mass is 10.1. The van der Waals surface area contributed by atoms with Crippen molar-refractivity contribution in [3.63, 3.8) is 0 Å². The number of hydrogen-bond donors (Lipinski definition) is 2. The summed E-state index contributed by atoms with van der Waals surface area (Å²) in [6.45, 7) is 1.79. The molecule has 2 N–H and O–H groups in total. The molecule has 1 aliphatic heterocycles. The number of anilines is 2. The van der Waals surface area contributed by atoms with E-state index in [4.69, 9.17) is 0 Å². The molecule has 1 saturated heterocycles. The van der Waals surface area contributed by atoms with Gasteiger partial charge in [0.15, 0.2) is 0 Å². The van der Waals surface area contributed by atoms with Gasteiger partial charge in [-0.25, -0.2) is 8.42 Å². The molecule has 1 aliphatic rings. The first-order chi connectivity index (χ1) is 16.0. The third kappa shape index (κ3) is 4.54. The Balaban J connectivity index is 1.58. The molecule has 33 heavy (non-hydrogen) atoms. The zero-order valence-electron chi connectivity index (χ0n) is 17.8. The van der Waals surface area contributed by atoms with Crippen molar-refractivity contribution in [2.24, 2.45) is 0 Å². The van der Waals surface area contributed by atoms with Gasteiger partial charge in [-0.05, 0) is 64.7 Å². The van der Waals surface area contributed by atoms with Crippen LogP contribution in [-0.2, 0) is 10.0 Å². The minimum Gasteiger partial charge on any atom is -0.370 e. The maximum Gasteiger partial charge on any atom is 0.263 e. The third-order valence-corrected chi connectivity index (χ3v) is 8.14. The van der Waals surface area contributed by atoms with Crippen LogP contribution in [0.15, 0.2) is 76.1 Å². The molecule has 0 unspecified atom stereocenters. The van der Waals surface area contributed by atoms with E-state index >= 15 is 0 Å². The number of halogens is 1. The van der Waals surface area contributed by atoms with E-state index in [2.05, 4.69) is 35.7 Å². The second-order valence-electron chi connectivity index (χ2n) is 8.00. The molecule has 168 valence electrons. The van der Waals surface area contributed by atoms with Crippen LogP contribution in [0.4, 0.5) is 11.4 Å². The summed E-state index contributed by atoms with van der Waals surface area (Å²) in [7, 11) is -3.79. The molecule has 0 atom stereocenters. The number of aromatic nitrogens is 2. The van der Waals surface area contributed by atoms with Gasteiger partial charge in [0.1, 0.15) is 4.90 Å². The molecule has 6 nitrogen and oxygen atoms in total. The molecule has 0 saturated carbocycles. The topological polar surface area (TPSA) is 78.1 Å². The van der Waals surface area contributed by atoms with Crippen molar-refractivity contribution in [2.75, 3.05) is 22.7 Å². The van der Waals surface area contributed by atoms with E-state index in [1.54, 1.807) is 24.3 Å². The maximum absolute atomic E-state index is 13.3. The van der Waals surface area contributed by atoms with Gasteiger partial charge in [0.05, 0.1) is 22.6 Å². The van der Waals surface area contributed by atoms with Crippen molar-refractivity contribution < 1.29 is 8.42 Å². The molecule has 2 heterocycles. The molecular formula is C25H23BrN4O2S. The normalized spacial score (nSPS) is 14.4. The van der Waals surface area contributed by atoms with Gasteiger partial charge < -0.3 is 4.90 Å². The lowest BCUT2D eigenvalue weighted by Crippen LogP contribution is -2.21. The monoisotopic (exact) mass is 522 g/mol. The summed E-state index contributed by atoms with van der Waals surface area (Å²) in [6.07, 6.45) is 6.11. The molecule has 0 amide bonds. The minimum atomic E-state index is -3.79. The highest BCUT2D eigenvalue weighted by Crippen LogP contribution is 2.36. The Morgan fingerprint density at radius 1 is 0.970 bits per heavy atom. The van der Waals surface area contributed by atoms with Crippen molar-refractivity contribution in [1.82, 2.24) is 10.2 Å². The van der Waals surface area contributed by atoms with Gasteiger partial charge in [-0.2, -0.15) is 5.10 Å². The molecule has 0 spiro atoms. The Bertz CT molecular complexity index is 1430. The fourth-order valence-electron chi connectivity index (χ4n) is 4.10. The summed E-state index contributed by atoms with van der Waals surface area (Å²) in [5, 5.41) is 8.44. The van der Waals surface area contributed by atoms with Gasteiger partial charge in [-0.3, -0.25) is 9.82 Å². The van der Waals surface area contributed by atoms with Gasteiger partial charge in [0.25, 0.3) is 10.0 Å². The fourth-order valence-corrected chi connectivity index (χ4v) is 6.17. The third-order valence-electron chi connectivity index (χ3n) is 5.76. The van der Waals surface area contributed by atoms with Crippen molar-refractivity contribution in [3.05, 3.63) is 82.5 Å². The quantitative estimate of drug-likeness (QED) is 0.330. The van der Waals surface area contributed by atoms with Crippen LogP contribution in [0.1, 0.15) is 24.1 Å². The highest BCUT2D eigenvalue weighted by Gasteiger charge is 2.23. The van der Waals surface area contributed by atoms with Crippen LogP contribution in [0, 0.1) is 0 Å². The maximum atomic E-state index is 13.3. The molecule has 3 aromatic carbocycles. The second kappa shape index (κ2) is 9.03. The Kier molecular flexibility index (Phi) is 5.95. The Hall–Kier alpha value is -3.10. The van der Waals surface area contributed by atoms with Gasteiger partial charge in [-0.15, -0.1) is 0 Å². The Labute approximate surface area is 201 Å². The van der Waals surface area contributed by atoms with E-state index < -0.39 is 10.0 Å². The number of nitrogens with one attached hydrogen (secondary N) is 2. The standard InChI is InChI=1S/C25H23BrN4O2S/c26-20-10-4-5-11-25(20)33(31,32)29-23-16-19-21(13-12-18-8-2-1-3-9-18)27-28-22(19)17-24(23)30-14-6-7-15-30/h1-5,8-13,16-17,29H,6-7,14-15H2,(H,27,28). The largest absolute Gasteiger partial charge is 0.370 e. The lowest BCUT2D eigenvalue weighted by Gasteiger charge is -2.22. The fraction of sp³-hybridized carbons (Fsp3) is 0.160. The zero-order chi connectivity index (χ0) is 22.8. The van der Waals surface area contributed by atoms with Crippen LogP contribution in [0.25, 0.3) is 23.1 Å². The molecule has 8 heteroatoms. The number of sulfonamides is 1. The van der Waals surface area contributed by atoms with Gasteiger partial charge in [0.2, 0.25) is 0 Å². The number of benzene rings is 3. The summed E-state index contributed by atoms with van der Waals surface area (Å²) in [5.41, 5.74) is 4.10. The van der Waals surface area contributed by atoms with Crippen LogP contribution < -0.4 is 9.62 Å². The Morgan fingerprint density at radius 3 is 2.45 bits per heavy atom. The number of nitrogens with zero attached hydrogens (tertiary/aromatic N) is 2. The molecular weight excluding hydrogens is 500 g/mol. The average molecular weight is 523 g/mol. The first-order valence-electron chi connectivity index (χ1n) is 10.8. The predicted molar refractivity (Wildman–Crippen MR) is 138 cm³/mol. The summed E-state index contributed by atoms with van der Waals surface area (Å²) in [4.78, 5) is 2.42. The van der Waals surface area contributed by atoms with Crippen molar-refractivity contribution in [3.8, 4) is 0 Å². The van der Waals surface area contributed by atoms with Gasteiger partial charge >= 0.3 is 0 Å². The average Bonchev–Trinajstić information content (AvgIpc) is 3.48. The molecule has 4 aromatic rings. The van der Waals surface area contributed by atoms with Crippen molar-refractivity contribution in [2.45, 2.75) is 17.7 Å². The van der Waals surface area contributed by atoms with E-state index in [1.165, 1.54) is 0 Å². The number of rotatable bonds is 6. The lowest BCUT2D eigenvalue weighted by molar-refractivity contribution is 0.601. The van der Waals surface area contributed by atoms with Crippen LogP contribution in [0.5, 0.6) is 0 Å². The summed E-state index contributed by atoms with van der Waals surface area (Å²) in [5.74, 6) is 0. The van der Waals surface area contributed by atoms with E-state index in [0.29, 0.717) is 10.2 Å². The minimum absolute atomic E-state index is 0.203. The number of H-pyrrole nitrogens is 1.